The fourth-order valence-corrected chi connectivity index (χ4v) is 1.78. The first-order valence-corrected chi connectivity index (χ1v) is 6.47. The molecular formula is C15H25NO2. The minimum Gasteiger partial charge on any atom is -0.496 e. The highest BCUT2D eigenvalue weighted by atomic mass is 16.5. The predicted octanol–water partition coefficient (Wildman–Crippen LogP) is 3.29. The van der Waals surface area contributed by atoms with Gasteiger partial charge in [0, 0.05) is 11.6 Å². The van der Waals surface area contributed by atoms with E-state index in [1.165, 1.54) is 0 Å². The first kappa shape index (κ1) is 15.0. The van der Waals surface area contributed by atoms with E-state index >= 15 is 0 Å². The molecule has 2 unspecified atom stereocenters. The van der Waals surface area contributed by atoms with E-state index in [2.05, 4.69) is 20.8 Å². The maximum atomic E-state index is 6.17. The second kappa shape index (κ2) is 6.21. The van der Waals surface area contributed by atoms with Crippen LogP contribution in [0.4, 0.5) is 0 Å². The molecule has 0 saturated heterocycles. The number of methoxy groups -OCH3 is 1. The van der Waals surface area contributed by atoms with Crippen LogP contribution in [0, 0.1) is 0 Å². The molecular weight excluding hydrogens is 226 g/mol. The molecule has 0 amide bonds. The van der Waals surface area contributed by atoms with Gasteiger partial charge in [-0.25, -0.2) is 0 Å². The summed E-state index contributed by atoms with van der Waals surface area (Å²) < 4.78 is 11.6. The van der Waals surface area contributed by atoms with Gasteiger partial charge in [-0.3, -0.25) is 0 Å². The molecule has 0 saturated carbocycles. The van der Waals surface area contributed by atoms with Crippen molar-refractivity contribution in [2.45, 2.75) is 51.9 Å². The molecule has 0 heterocycles. The van der Waals surface area contributed by atoms with Crippen molar-refractivity contribution < 1.29 is 9.47 Å². The lowest BCUT2D eigenvalue weighted by molar-refractivity contribution is -0.0839. The van der Waals surface area contributed by atoms with Crippen LogP contribution in [0.15, 0.2) is 24.3 Å². The monoisotopic (exact) mass is 251 g/mol. The number of para-hydroxylation sites is 1. The molecule has 2 atom stereocenters. The third kappa shape index (κ3) is 3.72. The lowest BCUT2D eigenvalue weighted by atomic mass is 10.00. The molecule has 1 aromatic carbocycles. The highest BCUT2D eigenvalue weighted by molar-refractivity contribution is 5.35. The molecule has 0 fully saturated rings. The van der Waals surface area contributed by atoms with Crippen LogP contribution in [0.5, 0.6) is 5.75 Å². The molecule has 0 bridgehead atoms. The van der Waals surface area contributed by atoms with Gasteiger partial charge < -0.3 is 15.2 Å². The number of benzene rings is 1. The molecule has 0 aliphatic heterocycles. The third-order valence-electron chi connectivity index (χ3n) is 3.22. The van der Waals surface area contributed by atoms with Gasteiger partial charge in [-0.2, -0.15) is 0 Å². The zero-order valence-electron chi connectivity index (χ0n) is 12.1. The van der Waals surface area contributed by atoms with Crippen molar-refractivity contribution in [3.63, 3.8) is 0 Å². The van der Waals surface area contributed by atoms with E-state index in [0.29, 0.717) is 0 Å². The molecule has 1 aromatic rings. The van der Waals surface area contributed by atoms with Crippen molar-refractivity contribution in [2.24, 2.45) is 5.73 Å². The quantitative estimate of drug-likeness (QED) is 0.843. The van der Waals surface area contributed by atoms with E-state index in [1.807, 2.05) is 31.2 Å². The summed E-state index contributed by atoms with van der Waals surface area (Å²) in [6, 6.07) is 7.79. The van der Waals surface area contributed by atoms with E-state index in [4.69, 9.17) is 15.2 Å². The van der Waals surface area contributed by atoms with Gasteiger partial charge in [0.05, 0.1) is 12.7 Å². The first-order valence-electron chi connectivity index (χ1n) is 6.47. The molecule has 1 rings (SSSR count). The van der Waals surface area contributed by atoms with E-state index in [-0.39, 0.29) is 17.7 Å². The van der Waals surface area contributed by atoms with Crippen LogP contribution in [0.25, 0.3) is 0 Å². The third-order valence-corrected chi connectivity index (χ3v) is 3.22. The van der Waals surface area contributed by atoms with Gasteiger partial charge in [0.25, 0.3) is 0 Å². The highest BCUT2D eigenvalue weighted by Crippen LogP contribution is 2.33. The molecule has 3 heteroatoms. The molecule has 0 radical (unpaired) electrons. The predicted molar refractivity (Wildman–Crippen MR) is 74.8 cm³/mol. The first-order chi connectivity index (χ1) is 8.41. The lowest BCUT2D eigenvalue weighted by Crippen LogP contribution is -2.34. The lowest BCUT2D eigenvalue weighted by Gasteiger charge is -2.33. The molecule has 3 nitrogen and oxygen atoms in total. The van der Waals surface area contributed by atoms with Gasteiger partial charge in [-0.15, -0.1) is 0 Å². The molecule has 0 aromatic heterocycles. The van der Waals surface area contributed by atoms with E-state index in [1.54, 1.807) is 7.11 Å². The fraction of sp³-hybridized carbons (Fsp3) is 0.600. The topological polar surface area (TPSA) is 44.5 Å². The zero-order valence-corrected chi connectivity index (χ0v) is 12.1. The van der Waals surface area contributed by atoms with Crippen molar-refractivity contribution in [2.75, 3.05) is 7.11 Å². The average Bonchev–Trinajstić information content (AvgIpc) is 2.36. The average molecular weight is 251 g/mol. The Morgan fingerprint density at radius 1 is 1.28 bits per heavy atom. The Kier molecular flexibility index (Phi) is 5.17. The largest absolute Gasteiger partial charge is 0.496 e. The van der Waals surface area contributed by atoms with Crippen LogP contribution in [-0.4, -0.2) is 18.8 Å². The van der Waals surface area contributed by atoms with Crippen LogP contribution >= 0.6 is 0 Å². The maximum Gasteiger partial charge on any atom is 0.124 e. The summed E-state index contributed by atoms with van der Waals surface area (Å²) in [5.74, 6) is 0.826. The van der Waals surface area contributed by atoms with Crippen molar-refractivity contribution in [1.29, 1.82) is 0 Å². The smallest absolute Gasteiger partial charge is 0.124 e. The number of hydrogen-bond donors (Lipinski definition) is 1. The minimum absolute atomic E-state index is 0.0906. The number of rotatable bonds is 6. The molecule has 2 N–H and O–H groups in total. The van der Waals surface area contributed by atoms with Crippen molar-refractivity contribution in [1.82, 2.24) is 0 Å². The van der Waals surface area contributed by atoms with Gasteiger partial charge in [0.1, 0.15) is 11.9 Å². The number of ether oxygens (including phenoxy) is 2. The summed E-state index contributed by atoms with van der Waals surface area (Å²) in [5, 5.41) is 0. The van der Waals surface area contributed by atoms with Crippen molar-refractivity contribution in [3.8, 4) is 5.75 Å². The van der Waals surface area contributed by atoms with Gasteiger partial charge >= 0.3 is 0 Å². The minimum atomic E-state index is -0.195. The summed E-state index contributed by atoms with van der Waals surface area (Å²) in [6.45, 7) is 8.24. The Balaban J connectivity index is 3.05. The highest BCUT2D eigenvalue weighted by Gasteiger charge is 2.27. The van der Waals surface area contributed by atoms with Crippen LogP contribution < -0.4 is 10.5 Å². The second-order valence-electron chi connectivity index (χ2n) is 5.25. The molecule has 102 valence electrons. The Labute approximate surface area is 110 Å². The summed E-state index contributed by atoms with van der Waals surface area (Å²) >= 11 is 0. The Bertz CT molecular complexity index is 375. The van der Waals surface area contributed by atoms with E-state index in [0.717, 1.165) is 17.7 Å². The van der Waals surface area contributed by atoms with Crippen LogP contribution in [0.3, 0.4) is 0 Å². The van der Waals surface area contributed by atoms with Crippen LogP contribution in [-0.2, 0) is 4.74 Å². The van der Waals surface area contributed by atoms with E-state index in [9.17, 15) is 0 Å². The number of nitrogens with two attached hydrogens (primary N) is 1. The SMILES string of the molecule is CCC(C)(C)OC(c1ccccc1OC)C(C)N. The van der Waals surface area contributed by atoms with Gasteiger partial charge in [-0.05, 0) is 33.3 Å². The molecule has 0 aliphatic carbocycles. The molecule has 18 heavy (non-hydrogen) atoms. The zero-order chi connectivity index (χ0) is 13.8. The Morgan fingerprint density at radius 2 is 1.89 bits per heavy atom. The normalized spacial score (nSPS) is 15.2. The summed E-state index contributed by atoms with van der Waals surface area (Å²) in [5.41, 5.74) is 6.89. The van der Waals surface area contributed by atoms with Gasteiger partial charge in [0.15, 0.2) is 0 Å². The second-order valence-corrected chi connectivity index (χ2v) is 5.25. The van der Waals surface area contributed by atoms with Crippen LogP contribution in [0.1, 0.15) is 45.8 Å². The fourth-order valence-electron chi connectivity index (χ4n) is 1.78. The summed E-state index contributed by atoms with van der Waals surface area (Å²) in [4.78, 5) is 0. The summed E-state index contributed by atoms with van der Waals surface area (Å²) in [7, 11) is 1.67. The van der Waals surface area contributed by atoms with Crippen molar-refractivity contribution in [3.05, 3.63) is 29.8 Å². The Morgan fingerprint density at radius 3 is 2.39 bits per heavy atom. The number of hydrogen-bond acceptors (Lipinski definition) is 3. The van der Waals surface area contributed by atoms with Crippen LogP contribution in [0.2, 0.25) is 0 Å². The maximum absolute atomic E-state index is 6.17. The molecule has 0 aliphatic rings. The summed E-state index contributed by atoms with van der Waals surface area (Å²) in [6.07, 6.45) is 0.779. The molecule has 0 spiro atoms. The van der Waals surface area contributed by atoms with Gasteiger partial charge in [0.2, 0.25) is 0 Å². The van der Waals surface area contributed by atoms with Gasteiger partial charge in [-0.1, -0.05) is 25.1 Å². The van der Waals surface area contributed by atoms with E-state index < -0.39 is 0 Å². The Hall–Kier alpha value is -1.06. The standard InChI is InChI=1S/C15H25NO2/c1-6-15(3,4)18-14(11(2)16)12-9-7-8-10-13(12)17-5/h7-11,14H,6,16H2,1-5H3. The van der Waals surface area contributed by atoms with Crippen molar-refractivity contribution >= 4 is 0 Å².